The van der Waals surface area contributed by atoms with Gasteiger partial charge in [-0.3, -0.25) is 0 Å². The molecule has 0 bridgehead atoms. The molecule has 18 heavy (non-hydrogen) atoms. The molecule has 2 nitrogen and oxygen atoms in total. The molecule has 1 rings (SSSR count). The fourth-order valence-electron chi connectivity index (χ4n) is 1.90. The number of aliphatic hydroxyl groups excluding tert-OH is 1. The van der Waals surface area contributed by atoms with Crippen LogP contribution in [0.25, 0.3) is 0 Å². The van der Waals surface area contributed by atoms with Gasteiger partial charge in [0.25, 0.3) is 0 Å². The Balaban J connectivity index is 0.00000289. The number of hydrogen-bond acceptors (Lipinski definition) is 1. The van der Waals surface area contributed by atoms with Crippen molar-refractivity contribution in [2.45, 2.75) is 38.8 Å². The van der Waals surface area contributed by atoms with Crippen molar-refractivity contribution in [1.29, 1.82) is 0 Å². The van der Waals surface area contributed by atoms with Gasteiger partial charge in [-0.15, -0.1) is 0 Å². The number of halogens is 2. The molecule has 0 amide bonds. The minimum Gasteiger partial charge on any atom is -1.00 e. The Morgan fingerprint density at radius 2 is 1.83 bits per heavy atom. The van der Waals surface area contributed by atoms with Crippen LogP contribution >= 0.6 is 11.6 Å². The summed E-state index contributed by atoms with van der Waals surface area (Å²) in [4.78, 5) is 1.37. The van der Waals surface area contributed by atoms with E-state index in [4.69, 9.17) is 11.6 Å². The third-order valence-corrected chi connectivity index (χ3v) is 3.64. The third-order valence-electron chi connectivity index (χ3n) is 3.39. The number of rotatable bonds is 6. The lowest BCUT2D eigenvalue weighted by molar-refractivity contribution is -0.908. The second-order valence-electron chi connectivity index (χ2n) is 4.73. The van der Waals surface area contributed by atoms with Crippen LogP contribution in [-0.4, -0.2) is 24.7 Å². The first-order valence-corrected chi connectivity index (χ1v) is 6.70. The molecule has 0 fully saturated rings. The molecule has 0 saturated carbocycles. The molecule has 0 spiro atoms. The summed E-state index contributed by atoms with van der Waals surface area (Å²) >= 11 is 5.84. The van der Waals surface area contributed by atoms with Crippen LogP contribution in [0, 0.1) is 0 Å². The van der Waals surface area contributed by atoms with Gasteiger partial charge in [-0.2, -0.15) is 0 Å². The molecule has 0 aromatic heterocycles. The second-order valence-corrected chi connectivity index (χ2v) is 5.17. The molecule has 3 unspecified atom stereocenters. The van der Waals surface area contributed by atoms with Gasteiger partial charge in [-0.25, -0.2) is 0 Å². The van der Waals surface area contributed by atoms with Crippen LogP contribution in [0.1, 0.15) is 38.4 Å². The van der Waals surface area contributed by atoms with Gasteiger partial charge >= 0.3 is 0 Å². The number of quaternary nitrogens is 1. The van der Waals surface area contributed by atoms with Crippen molar-refractivity contribution in [3.63, 3.8) is 0 Å². The predicted molar refractivity (Wildman–Crippen MR) is 72.5 cm³/mol. The largest absolute Gasteiger partial charge is 1.00 e. The Bertz CT molecular complexity index is 329. The summed E-state index contributed by atoms with van der Waals surface area (Å²) in [7, 11) is 2.14. The SMILES string of the molecule is CCCC[NH+](C)C(C)C(O)c1ccc(Cl)cc1.[Cl-]. The lowest BCUT2D eigenvalue weighted by Crippen LogP contribution is -3.13. The number of benzene rings is 1. The minimum absolute atomic E-state index is 0. The Hall–Kier alpha value is -0.280. The molecule has 0 radical (unpaired) electrons. The molecule has 0 heterocycles. The summed E-state index contributed by atoms with van der Waals surface area (Å²) in [5.41, 5.74) is 0.942. The van der Waals surface area contributed by atoms with Crippen molar-refractivity contribution in [1.82, 2.24) is 0 Å². The molecule has 104 valence electrons. The van der Waals surface area contributed by atoms with Gasteiger partial charge in [0.05, 0.1) is 13.6 Å². The van der Waals surface area contributed by atoms with E-state index in [1.54, 1.807) is 0 Å². The van der Waals surface area contributed by atoms with E-state index in [-0.39, 0.29) is 18.4 Å². The normalized spacial score (nSPS) is 15.6. The lowest BCUT2D eigenvalue weighted by atomic mass is 10.0. The summed E-state index contributed by atoms with van der Waals surface area (Å²) in [6.45, 7) is 5.38. The molecule has 0 aliphatic carbocycles. The maximum atomic E-state index is 10.3. The minimum atomic E-state index is -0.427. The van der Waals surface area contributed by atoms with Crippen molar-refractivity contribution in [3.05, 3.63) is 34.9 Å². The summed E-state index contributed by atoms with van der Waals surface area (Å²) in [6.07, 6.45) is 1.97. The first kappa shape index (κ1) is 17.7. The number of aliphatic hydroxyl groups is 1. The van der Waals surface area contributed by atoms with Crippen LogP contribution in [-0.2, 0) is 0 Å². The molecule has 0 aliphatic rings. The maximum Gasteiger partial charge on any atom is 0.130 e. The Morgan fingerprint density at radius 3 is 2.33 bits per heavy atom. The summed E-state index contributed by atoms with van der Waals surface area (Å²) < 4.78 is 0. The highest BCUT2D eigenvalue weighted by atomic mass is 35.5. The van der Waals surface area contributed by atoms with Crippen LogP contribution in [0.4, 0.5) is 0 Å². The number of nitrogens with one attached hydrogen (secondary N) is 1. The van der Waals surface area contributed by atoms with Gasteiger partial charge in [-0.1, -0.05) is 37.1 Å². The summed E-state index contributed by atoms with van der Waals surface area (Å²) in [5, 5.41) is 11.0. The standard InChI is InChI=1S/C14H22ClNO.ClH/c1-4-5-10-16(3)11(2)14(17)12-6-8-13(15)9-7-12;/h6-9,11,14,17H,4-5,10H2,1-3H3;1H. The van der Waals surface area contributed by atoms with Crippen molar-refractivity contribution in [2.24, 2.45) is 0 Å². The van der Waals surface area contributed by atoms with E-state index in [2.05, 4.69) is 20.9 Å². The lowest BCUT2D eigenvalue weighted by Gasteiger charge is -2.26. The van der Waals surface area contributed by atoms with Gasteiger partial charge in [0, 0.05) is 5.02 Å². The molecular weight excluding hydrogens is 269 g/mol. The van der Waals surface area contributed by atoms with E-state index in [0.717, 1.165) is 12.1 Å². The molecule has 0 saturated heterocycles. The van der Waals surface area contributed by atoms with E-state index >= 15 is 0 Å². The van der Waals surface area contributed by atoms with Crippen molar-refractivity contribution in [3.8, 4) is 0 Å². The monoisotopic (exact) mass is 291 g/mol. The second kappa shape index (κ2) is 8.76. The highest BCUT2D eigenvalue weighted by molar-refractivity contribution is 6.30. The van der Waals surface area contributed by atoms with Gasteiger partial charge in [0.2, 0.25) is 0 Å². The fraction of sp³-hybridized carbons (Fsp3) is 0.571. The topological polar surface area (TPSA) is 24.7 Å². The Labute approximate surface area is 121 Å². The Morgan fingerprint density at radius 1 is 1.28 bits per heavy atom. The molecule has 4 heteroatoms. The smallest absolute Gasteiger partial charge is 0.130 e. The average molecular weight is 292 g/mol. The zero-order chi connectivity index (χ0) is 12.8. The van der Waals surface area contributed by atoms with Crippen LogP contribution in [0.2, 0.25) is 5.02 Å². The van der Waals surface area contributed by atoms with Gasteiger partial charge in [0.15, 0.2) is 0 Å². The Kier molecular flexibility index (Phi) is 8.62. The van der Waals surface area contributed by atoms with Gasteiger partial charge in [0.1, 0.15) is 12.1 Å². The number of hydrogen-bond donors (Lipinski definition) is 2. The first-order valence-electron chi connectivity index (χ1n) is 6.32. The number of likely N-dealkylation sites (N-methyl/N-ethyl adjacent to an activating group) is 1. The molecule has 3 atom stereocenters. The molecule has 2 N–H and O–H groups in total. The molecule has 1 aromatic rings. The summed E-state index contributed by atoms with van der Waals surface area (Å²) in [6, 6.07) is 7.65. The maximum absolute atomic E-state index is 10.3. The average Bonchev–Trinajstić information content (AvgIpc) is 2.35. The quantitative estimate of drug-likeness (QED) is 0.696. The molecular formula is C14H23Cl2NO. The van der Waals surface area contributed by atoms with E-state index in [0.29, 0.717) is 5.02 Å². The third kappa shape index (κ3) is 5.15. The van der Waals surface area contributed by atoms with Gasteiger partial charge < -0.3 is 22.4 Å². The highest BCUT2D eigenvalue weighted by Crippen LogP contribution is 2.18. The van der Waals surface area contributed by atoms with Crippen molar-refractivity contribution >= 4 is 11.6 Å². The number of unbranched alkanes of at least 4 members (excludes halogenated alkanes) is 1. The van der Waals surface area contributed by atoms with E-state index < -0.39 is 6.10 Å². The van der Waals surface area contributed by atoms with Gasteiger partial charge in [-0.05, 0) is 31.0 Å². The van der Waals surface area contributed by atoms with Crippen LogP contribution in [0.3, 0.4) is 0 Å². The predicted octanol–water partition coefficient (Wildman–Crippen LogP) is -0.919. The van der Waals surface area contributed by atoms with Crippen LogP contribution in [0.15, 0.2) is 24.3 Å². The fourth-order valence-corrected chi connectivity index (χ4v) is 2.03. The first-order chi connectivity index (χ1) is 8.06. The van der Waals surface area contributed by atoms with E-state index in [1.165, 1.54) is 17.7 Å². The van der Waals surface area contributed by atoms with Crippen LogP contribution < -0.4 is 17.3 Å². The van der Waals surface area contributed by atoms with Crippen molar-refractivity contribution < 1.29 is 22.4 Å². The zero-order valence-electron chi connectivity index (χ0n) is 11.3. The zero-order valence-corrected chi connectivity index (χ0v) is 12.8. The van der Waals surface area contributed by atoms with E-state index in [9.17, 15) is 5.11 Å². The highest BCUT2D eigenvalue weighted by Gasteiger charge is 2.23. The summed E-state index contributed by atoms with van der Waals surface area (Å²) in [5.74, 6) is 0. The van der Waals surface area contributed by atoms with E-state index in [1.807, 2.05) is 24.3 Å². The molecule has 0 aliphatic heterocycles. The molecule has 1 aromatic carbocycles. The van der Waals surface area contributed by atoms with Crippen LogP contribution in [0.5, 0.6) is 0 Å². The van der Waals surface area contributed by atoms with Crippen molar-refractivity contribution in [2.75, 3.05) is 13.6 Å².